The van der Waals surface area contributed by atoms with Crippen LogP contribution in [0.3, 0.4) is 0 Å². The maximum Gasteiger partial charge on any atom is 0.250 e. The number of nitrogens with one attached hydrogen (secondary N) is 2. The van der Waals surface area contributed by atoms with Crippen LogP contribution in [-0.4, -0.2) is 5.91 Å². The molecule has 0 aliphatic carbocycles. The number of carbonyl (C=O) groups is 1. The quantitative estimate of drug-likeness (QED) is 0.725. The van der Waals surface area contributed by atoms with Gasteiger partial charge in [0.25, 0.3) is 0 Å². The molecule has 0 spiro atoms. The third-order valence-electron chi connectivity index (χ3n) is 4.27. The maximum absolute atomic E-state index is 12.4. The first-order valence-corrected chi connectivity index (χ1v) is 8.59. The SMILES string of the molecule is C/C(=C/C(=O)Nc1c(C)cc(C)cc1C)Nc1c(C)cc(C)cc1C. The number of rotatable bonds is 4. The Balaban J connectivity index is 2.17. The summed E-state index contributed by atoms with van der Waals surface area (Å²) in [5.41, 5.74) is 9.72. The summed E-state index contributed by atoms with van der Waals surface area (Å²) in [6.07, 6.45) is 1.61. The van der Waals surface area contributed by atoms with E-state index in [-0.39, 0.29) is 5.91 Å². The molecule has 0 heterocycles. The maximum atomic E-state index is 12.4. The molecule has 0 aromatic heterocycles. The average molecular weight is 336 g/mol. The van der Waals surface area contributed by atoms with Gasteiger partial charge < -0.3 is 10.6 Å². The Morgan fingerprint density at radius 3 is 1.48 bits per heavy atom. The van der Waals surface area contributed by atoms with Crippen LogP contribution in [0.1, 0.15) is 40.3 Å². The van der Waals surface area contributed by atoms with Gasteiger partial charge in [-0.05, 0) is 70.7 Å². The van der Waals surface area contributed by atoms with Crippen LogP contribution in [0.2, 0.25) is 0 Å². The number of allylic oxidation sites excluding steroid dienone is 1. The zero-order valence-electron chi connectivity index (χ0n) is 16.3. The first-order chi connectivity index (χ1) is 11.7. The molecule has 0 aliphatic rings. The number of aryl methyl sites for hydroxylation is 6. The summed E-state index contributed by atoms with van der Waals surface area (Å²) in [6, 6.07) is 8.44. The minimum atomic E-state index is -0.123. The van der Waals surface area contributed by atoms with Crippen molar-refractivity contribution in [1.82, 2.24) is 0 Å². The van der Waals surface area contributed by atoms with Gasteiger partial charge in [-0.1, -0.05) is 35.4 Å². The van der Waals surface area contributed by atoms with Gasteiger partial charge in [-0.3, -0.25) is 4.79 Å². The molecule has 3 heteroatoms. The van der Waals surface area contributed by atoms with Gasteiger partial charge in [0.15, 0.2) is 0 Å². The molecule has 0 radical (unpaired) electrons. The second-order valence-electron chi connectivity index (χ2n) is 6.99. The number of benzene rings is 2. The van der Waals surface area contributed by atoms with E-state index in [0.29, 0.717) is 0 Å². The number of hydrogen-bond donors (Lipinski definition) is 2. The summed E-state index contributed by atoms with van der Waals surface area (Å²) in [5.74, 6) is -0.123. The fourth-order valence-corrected chi connectivity index (χ4v) is 3.34. The predicted octanol–water partition coefficient (Wildman–Crippen LogP) is 5.49. The lowest BCUT2D eigenvalue weighted by Crippen LogP contribution is -2.13. The lowest BCUT2D eigenvalue weighted by atomic mass is 10.0. The second-order valence-corrected chi connectivity index (χ2v) is 6.99. The molecule has 0 atom stereocenters. The molecule has 0 unspecified atom stereocenters. The van der Waals surface area contributed by atoms with Crippen molar-refractivity contribution in [2.24, 2.45) is 0 Å². The van der Waals surface area contributed by atoms with E-state index in [9.17, 15) is 4.79 Å². The van der Waals surface area contributed by atoms with Crippen LogP contribution in [0.5, 0.6) is 0 Å². The van der Waals surface area contributed by atoms with Crippen LogP contribution in [0, 0.1) is 41.5 Å². The third-order valence-corrected chi connectivity index (χ3v) is 4.27. The van der Waals surface area contributed by atoms with Crippen LogP contribution >= 0.6 is 0 Å². The molecule has 0 fully saturated rings. The third kappa shape index (κ3) is 4.72. The van der Waals surface area contributed by atoms with E-state index in [2.05, 4.69) is 62.6 Å². The highest BCUT2D eigenvalue weighted by Gasteiger charge is 2.08. The second kappa shape index (κ2) is 7.56. The summed E-state index contributed by atoms with van der Waals surface area (Å²) in [5, 5.41) is 6.37. The van der Waals surface area contributed by atoms with Gasteiger partial charge in [-0.25, -0.2) is 0 Å². The number of carbonyl (C=O) groups excluding carboxylic acids is 1. The Hall–Kier alpha value is -2.55. The van der Waals surface area contributed by atoms with Gasteiger partial charge in [0, 0.05) is 23.1 Å². The zero-order chi connectivity index (χ0) is 18.7. The first kappa shape index (κ1) is 18.8. The van der Waals surface area contributed by atoms with Gasteiger partial charge in [0.1, 0.15) is 0 Å². The lowest BCUT2D eigenvalue weighted by Gasteiger charge is -2.15. The molecule has 2 N–H and O–H groups in total. The largest absolute Gasteiger partial charge is 0.359 e. The lowest BCUT2D eigenvalue weighted by molar-refractivity contribution is -0.112. The van der Waals surface area contributed by atoms with Gasteiger partial charge in [0.05, 0.1) is 0 Å². The van der Waals surface area contributed by atoms with E-state index in [1.54, 1.807) is 6.08 Å². The summed E-state index contributed by atoms with van der Waals surface area (Å²) in [4.78, 5) is 12.4. The highest BCUT2D eigenvalue weighted by Crippen LogP contribution is 2.24. The van der Waals surface area contributed by atoms with Crippen molar-refractivity contribution in [2.45, 2.75) is 48.5 Å². The molecule has 0 saturated carbocycles. The molecule has 0 aliphatic heterocycles. The highest BCUT2D eigenvalue weighted by molar-refractivity contribution is 6.01. The standard InChI is InChI=1S/C22H28N2O/c1-13-8-15(3)21(16(4)9-13)23-19(7)12-20(25)24-22-17(5)10-14(2)11-18(22)6/h8-12,23H,1-7H3,(H,24,25)/b19-12-. The normalized spacial score (nSPS) is 11.4. The van der Waals surface area contributed by atoms with E-state index in [0.717, 1.165) is 28.2 Å². The Morgan fingerprint density at radius 1 is 0.720 bits per heavy atom. The van der Waals surface area contributed by atoms with Gasteiger partial charge in [-0.15, -0.1) is 0 Å². The van der Waals surface area contributed by atoms with E-state index < -0.39 is 0 Å². The summed E-state index contributed by atoms with van der Waals surface area (Å²) < 4.78 is 0. The molecule has 1 amide bonds. The summed E-state index contributed by atoms with van der Waals surface area (Å²) >= 11 is 0. The minimum absolute atomic E-state index is 0.123. The average Bonchev–Trinajstić information content (AvgIpc) is 2.46. The van der Waals surface area contributed by atoms with Crippen molar-refractivity contribution in [3.63, 3.8) is 0 Å². The van der Waals surface area contributed by atoms with Crippen molar-refractivity contribution >= 4 is 17.3 Å². The summed E-state index contributed by atoms with van der Waals surface area (Å²) in [7, 11) is 0. The van der Waals surface area contributed by atoms with Crippen molar-refractivity contribution in [3.8, 4) is 0 Å². The molecule has 2 aromatic carbocycles. The first-order valence-electron chi connectivity index (χ1n) is 8.59. The Morgan fingerprint density at radius 2 is 1.08 bits per heavy atom. The molecule has 3 nitrogen and oxygen atoms in total. The van der Waals surface area contributed by atoms with E-state index in [4.69, 9.17) is 0 Å². The van der Waals surface area contributed by atoms with Crippen LogP contribution in [0.25, 0.3) is 0 Å². The van der Waals surface area contributed by atoms with Crippen molar-refractivity contribution in [2.75, 3.05) is 10.6 Å². The van der Waals surface area contributed by atoms with Crippen molar-refractivity contribution in [1.29, 1.82) is 0 Å². The molecule has 132 valence electrons. The number of hydrogen-bond acceptors (Lipinski definition) is 2. The van der Waals surface area contributed by atoms with Gasteiger partial charge in [-0.2, -0.15) is 0 Å². The highest BCUT2D eigenvalue weighted by atomic mass is 16.1. The van der Waals surface area contributed by atoms with E-state index in [1.807, 2.05) is 20.8 Å². The van der Waals surface area contributed by atoms with E-state index in [1.165, 1.54) is 22.3 Å². The monoisotopic (exact) mass is 336 g/mol. The fraction of sp³-hybridized carbons (Fsp3) is 0.318. The Labute approximate surface area is 151 Å². The molecule has 25 heavy (non-hydrogen) atoms. The van der Waals surface area contributed by atoms with Crippen molar-refractivity contribution < 1.29 is 4.79 Å². The van der Waals surface area contributed by atoms with Gasteiger partial charge in [0.2, 0.25) is 5.91 Å². The molecule has 2 rings (SSSR count). The number of amides is 1. The molecule has 0 saturated heterocycles. The molecule has 0 bridgehead atoms. The van der Waals surface area contributed by atoms with Crippen LogP contribution in [0.4, 0.5) is 11.4 Å². The Kier molecular flexibility index (Phi) is 5.68. The predicted molar refractivity (Wildman–Crippen MR) is 107 cm³/mol. The van der Waals surface area contributed by atoms with Crippen LogP contribution in [-0.2, 0) is 4.79 Å². The van der Waals surface area contributed by atoms with Crippen molar-refractivity contribution in [3.05, 3.63) is 69.4 Å². The smallest absolute Gasteiger partial charge is 0.250 e. The topological polar surface area (TPSA) is 41.1 Å². The van der Waals surface area contributed by atoms with E-state index >= 15 is 0 Å². The Bertz CT molecular complexity index is 801. The minimum Gasteiger partial charge on any atom is -0.359 e. The molecular weight excluding hydrogens is 308 g/mol. The molecule has 2 aromatic rings. The summed E-state index contributed by atoms with van der Waals surface area (Å²) in [6.45, 7) is 14.3. The molecular formula is C22H28N2O. The zero-order valence-corrected chi connectivity index (χ0v) is 16.3. The number of anilines is 2. The van der Waals surface area contributed by atoms with Gasteiger partial charge >= 0.3 is 0 Å². The fourth-order valence-electron chi connectivity index (χ4n) is 3.34. The van der Waals surface area contributed by atoms with Crippen LogP contribution in [0.15, 0.2) is 36.0 Å². The van der Waals surface area contributed by atoms with Crippen LogP contribution < -0.4 is 10.6 Å².